The first kappa shape index (κ1) is 13.0. The molecule has 0 bridgehead atoms. The highest BCUT2D eigenvalue weighted by atomic mass is 79.9. The van der Waals surface area contributed by atoms with E-state index in [4.69, 9.17) is 4.42 Å². The number of thiazole rings is 1. The quantitative estimate of drug-likeness (QED) is 0.729. The van der Waals surface area contributed by atoms with Gasteiger partial charge in [0.25, 0.3) is 5.91 Å². The molecule has 4 rings (SSSR count). The number of benzene rings is 1. The van der Waals surface area contributed by atoms with Gasteiger partial charge in [0.15, 0.2) is 10.9 Å². The number of hydrogen-bond acceptors (Lipinski definition) is 4. The molecule has 1 N–H and O–H groups in total. The van der Waals surface area contributed by atoms with Crippen molar-refractivity contribution in [1.82, 2.24) is 4.98 Å². The fourth-order valence-corrected chi connectivity index (χ4v) is 3.36. The number of amides is 1. The molecule has 1 aromatic carbocycles. The first-order chi connectivity index (χ1) is 10.2. The van der Waals surface area contributed by atoms with E-state index in [1.807, 2.05) is 23.6 Å². The maximum atomic E-state index is 12.2. The Labute approximate surface area is 133 Å². The molecule has 0 spiro atoms. The topological polar surface area (TPSA) is 55.1 Å². The van der Waals surface area contributed by atoms with E-state index in [1.165, 1.54) is 24.2 Å². The normalized spacial score (nSPS) is 14.5. The molecule has 4 nitrogen and oxygen atoms in total. The second kappa shape index (κ2) is 4.96. The molecule has 106 valence electrons. The molecular weight excluding hydrogens is 352 g/mol. The summed E-state index contributed by atoms with van der Waals surface area (Å²) in [6.07, 6.45) is 2.41. The number of hydrogen-bond donors (Lipinski definition) is 1. The van der Waals surface area contributed by atoms with Crippen molar-refractivity contribution in [2.45, 2.75) is 18.8 Å². The SMILES string of the molecule is O=C(Nc1nc(C2CC2)cs1)c1cc2cc(Br)ccc2o1. The lowest BCUT2D eigenvalue weighted by Crippen LogP contribution is -2.10. The van der Waals surface area contributed by atoms with Crippen LogP contribution in [0, 0.1) is 0 Å². The molecule has 0 unspecified atom stereocenters. The van der Waals surface area contributed by atoms with Crippen molar-refractivity contribution in [3.05, 3.63) is 45.6 Å². The Kier molecular flexibility index (Phi) is 3.08. The Morgan fingerprint density at radius 2 is 2.24 bits per heavy atom. The van der Waals surface area contributed by atoms with Gasteiger partial charge in [0.2, 0.25) is 0 Å². The summed E-state index contributed by atoms with van der Waals surface area (Å²) in [5, 5.41) is 6.34. The van der Waals surface area contributed by atoms with Gasteiger partial charge in [-0.15, -0.1) is 11.3 Å². The lowest BCUT2D eigenvalue weighted by Gasteiger charge is -1.97. The third-order valence-corrected chi connectivity index (χ3v) is 4.71. The minimum atomic E-state index is -0.265. The molecule has 0 radical (unpaired) electrons. The Morgan fingerprint density at radius 3 is 3.05 bits per heavy atom. The van der Waals surface area contributed by atoms with Crippen LogP contribution in [0.15, 0.2) is 38.5 Å². The predicted molar refractivity (Wildman–Crippen MR) is 86.0 cm³/mol. The third kappa shape index (κ3) is 2.61. The maximum absolute atomic E-state index is 12.2. The zero-order valence-electron chi connectivity index (χ0n) is 10.9. The number of halogens is 1. The Hall–Kier alpha value is -1.66. The van der Waals surface area contributed by atoms with Crippen LogP contribution in [0.25, 0.3) is 11.0 Å². The van der Waals surface area contributed by atoms with Crippen LogP contribution in [0.5, 0.6) is 0 Å². The van der Waals surface area contributed by atoms with Crippen molar-refractivity contribution >= 4 is 49.3 Å². The van der Waals surface area contributed by atoms with Gasteiger partial charge >= 0.3 is 0 Å². The number of rotatable bonds is 3. The highest BCUT2D eigenvalue weighted by molar-refractivity contribution is 9.10. The average molecular weight is 363 g/mol. The van der Waals surface area contributed by atoms with E-state index in [2.05, 4.69) is 26.2 Å². The van der Waals surface area contributed by atoms with E-state index in [0.29, 0.717) is 22.4 Å². The van der Waals surface area contributed by atoms with Crippen LogP contribution in [0.2, 0.25) is 0 Å². The number of nitrogens with zero attached hydrogens (tertiary/aromatic N) is 1. The van der Waals surface area contributed by atoms with Gasteiger partial charge in [0.1, 0.15) is 5.58 Å². The minimum Gasteiger partial charge on any atom is -0.451 e. The number of aromatic nitrogens is 1. The second-order valence-corrected chi connectivity index (χ2v) is 6.87. The van der Waals surface area contributed by atoms with E-state index >= 15 is 0 Å². The Morgan fingerprint density at radius 1 is 1.38 bits per heavy atom. The molecule has 1 amide bonds. The number of carbonyl (C=O) groups excluding carboxylic acids is 1. The molecule has 1 aliphatic rings. The van der Waals surface area contributed by atoms with Gasteiger partial charge in [-0.2, -0.15) is 0 Å². The van der Waals surface area contributed by atoms with Gasteiger partial charge in [0, 0.05) is 21.2 Å². The molecule has 3 aromatic rings. The van der Waals surface area contributed by atoms with Gasteiger partial charge in [0.05, 0.1) is 5.69 Å². The number of nitrogens with one attached hydrogen (secondary N) is 1. The fraction of sp³-hybridized carbons (Fsp3) is 0.200. The Bertz CT molecular complexity index is 835. The largest absolute Gasteiger partial charge is 0.451 e. The summed E-state index contributed by atoms with van der Waals surface area (Å²) in [5.74, 6) is 0.626. The molecule has 2 heterocycles. The van der Waals surface area contributed by atoms with Crippen LogP contribution in [0.3, 0.4) is 0 Å². The van der Waals surface area contributed by atoms with Crippen LogP contribution < -0.4 is 5.32 Å². The lowest BCUT2D eigenvalue weighted by molar-refractivity contribution is 0.0998. The molecule has 1 saturated carbocycles. The van der Waals surface area contributed by atoms with Crippen molar-refractivity contribution in [1.29, 1.82) is 0 Å². The van der Waals surface area contributed by atoms with Crippen LogP contribution >= 0.6 is 27.3 Å². The van der Waals surface area contributed by atoms with Crippen molar-refractivity contribution in [3.63, 3.8) is 0 Å². The van der Waals surface area contributed by atoms with Crippen molar-refractivity contribution < 1.29 is 9.21 Å². The lowest BCUT2D eigenvalue weighted by atomic mass is 10.2. The molecule has 1 aliphatic carbocycles. The summed E-state index contributed by atoms with van der Waals surface area (Å²) in [7, 11) is 0. The molecule has 2 aromatic heterocycles. The molecule has 0 aliphatic heterocycles. The van der Waals surface area contributed by atoms with Gasteiger partial charge in [-0.25, -0.2) is 4.98 Å². The summed E-state index contributed by atoms with van der Waals surface area (Å²) in [5.41, 5.74) is 1.78. The Balaban J connectivity index is 1.57. The van der Waals surface area contributed by atoms with E-state index in [0.717, 1.165) is 15.6 Å². The summed E-state index contributed by atoms with van der Waals surface area (Å²) in [4.78, 5) is 16.7. The van der Waals surface area contributed by atoms with E-state index in [1.54, 1.807) is 6.07 Å². The molecule has 6 heteroatoms. The van der Waals surface area contributed by atoms with Crippen LogP contribution in [0.4, 0.5) is 5.13 Å². The zero-order valence-corrected chi connectivity index (χ0v) is 13.3. The fourth-order valence-electron chi connectivity index (χ4n) is 2.20. The van der Waals surface area contributed by atoms with E-state index in [-0.39, 0.29) is 5.91 Å². The summed E-state index contributed by atoms with van der Waals surface area (Å²) in [6.45, 7) is 0. The van der Waals surface area contributed by atoms with Crippen molar-refractivity contribution in [2.75, 3.05) is 5.32 Å². The van der Waals surface area contributed by atoms with Gasteiger partial charge in [-0.3, -0.25) is 10.1 Å². The predicted octanol–water partition coefficient (Wildman–Crippen LogP) is 4.78. The average Bonchev–Trinajstić information content (AvgIpc) is 3.06. The number of fused-ring (bicyclic) bond motifs is 1. The van der Waals surface area contributed by atoms with Gasteiger partial charge in [-0.1, -0.05) is 15.9 Å². The van der Waals surface area contributed by atoms with E-state index < -0.39 is 0 Å². The molecule has 0 atom stereocenters. The highest BCUT2D eigenvalue weighted by Gasteiger charge is 2.26. The standard InChI is InChI=1S/C15H11BrN2O2S/c16-10-3-4-12-9(5-10)6-13(20-12)14(19)18-15-17-11(7-21-15)8-1-2-8/h3-8H,1-2H2,(H,17,18,19). The highest BCUT2D eigenvalue weighted by Crippen LogP contribution is 2.40. The second-order valence-electron chi connectivity index (χ2n) is 5.10. The van der Waals surface area contributed by atoms with Crippen molar-refractivity contribution in [2.24, 2.45) is 0 Å². The summed E-state index contributed by atoms with van der Waals surface area (Å²) < 4.78 is 6.52. The molecule has 1 fully saturated rings. The first-order valence-electron chi connectivity index (χ1n) is 6.65. The van der Waals surface area contributed by atoms with Crippen LogP contribution in [-0.2, 0) is 0 Å². The monoisotopic (exact) mass is 362 g/mol. The van der Waals surface area contributed by atoms with E-state index in [9.17, 15) is 4.79 Å². The number of furan rings is 1. The third-order valence-electron chi connectivity index (χ3n) is 3.44. The smallest absolute Gasteiger partial charge is 0.293 e. The molecular formula is C15H11BrN2O2S. The first-order valence-corrected chi connectivity index (χ1v) is 8.32. The van der Waals surface area contributed by atoms with Crippen molar-refractivity contribution in [3.8, 4) is 0 Å². The maximum Gasteiger partial charge on any atom is 0.293 e. The minimum absolute atomic E-state index is 0.265. The van der Waals surface area contributed by atoms with Crippen LogP contribution in [-0.4, -0.2) is 10.9 Å². The zero-order chi connectivity index (χ0) is 14.4. The summed E-state index contributed by atoms with van der Waals surface area (Å²) >= 11 is 4.86. The summed E-state index contributed by atoms with van der Waals surface area (Å²) in [6, 6.07) is 7.39. The van der Waals surface area contributed by atoms with Gasteiger partial charge in [-0.05, 0) is 37.1 Å². The number of carbonyl (C=O) groups is 1. The number of anilines is 1. The van der Waals surface area contributed by atoms with Crippen LogP contribution in [0.1, 0.15) is 35.0 Å². The molecule has 0 saturated heterocycles. The molecule has 21 heavy (non-hydrogen) atoms. The van der Waals surface area contributed by atoms with Gasteiger partial charge < -0.3 is 4.42 Å².